The summed E-state index contributed by atoms with van der Waals surface area (Å²) in [5, 5.41) is 9.93. The predicted molar refractivity (Wildman–Crippen MR) is 80.2 cm³/mol. The van der Waals surface area contributed by atoms with E-state index in [0.29, 0.717) is 32.2 Å². The molecule has 2 rings (SSSR count). The van der Waals surface area contributed by atoms with Crippen molar-refractivity contribution in [2.45, 2.75) is 62.2 Å². The molecule has 0 bridgehead atoms. The van der Waals surface area contributed by atoms with Crippen LogP contribution in [-0.2, 0) is 14.8 Å². The number of carbonyl (C=O) groups excluding carboxylic acids is 1. The molecule has 1 aliphatic heterocycles. The maximum Gasteiger partial charge on any atom is 0.225 e. The van der Waals surface area contributed by atoms with Crippen molar-refractivity contribution in [3.05, 3.63) is 0 Å². The van der Waals surface area contributed by atoms with Crippen LogP contribution in [0.25, 0.3) is 0 Å². The molecule has 0 aromatic carbocycles. The van der Waals surface area contributed by atoms with Crippen LogP contribution < -0.4 is 4.72 Å². The number of piperidine rings is 1. The first-order valence-corrected chi connectivity index (χ1v) is 9.33. The lowest BCUT2D eigenvalue weighted by atomic mass is 9.82. The Labute approximate surface area is 126 Å². The predicted octanol–water partition coefficient (Wildman–Crippen LogP) is 0.612. The van der Waals surface area contributed by atoms with Gasteiger partial charge in [-0.25, -0.2) is 13.1 Å². The Morgan fingerprint density at radius 3 is 2.57 bits per heavy atom. The van der Waals surface area contributed by atoms with Gasteiger partial charge in [0.1, 0.15) is 0 Å². The van der Waals surface area contributed by atoms with Gasteiger partial charge in [-0.05, 0) is 32.7 Å². The molecule has 1 saturated heterocycles. The molecule has 0 spiro atoms. The van der Waals surface area contributed by atoms with Crippen LogP contribution in [0.15, 0.2) is 0 Å². The Morgan fingerprint density at radius 2 is 1.95 bits per heavy atom. The van der Waals surface area contributed by atoms with E-state index in [-0.39, 0.29) is 18.9 Å². The average molecular weight is 318 g/mol. The van der Waals surface area contributed by atoms with E-state index in [1.54, 1.807) is 4.90 Å². The number of amides is 1. The standard InChI is InChI=1S/C14H26N2O4S/c1-15-21(19,20)12-6-5-9-16(11-12)13(17)10-14(18)7-3-2-4-8-14/h12,15,18H,2-11H2,1H3. The highest BCUT2D eigenvalue weighted by molar-refractivity contribution is 7.90. The van der Waals surface area contributed by atoms with Crippen molar-refractivity contribution in [2.24, 2.45) is 0 Å². The molecule has 1 unspecified atom stereocenters. The lowest BCUT2D eigenvalue weighted by Gasteiger charge is -2.36. The summed E-state index contributed by atoms with van der Waals surface area (Å²) in [6, 6.07) is 0. The van der Waals surface area contributed by atoms with Crippen LogP contribution in [0.1, 0.15) is 51.4 Å². The molecule has 1 amide bonds. The highest BCUT2D eigenvalue weighted by atomic mass is 32.2. The fraction of sp³-hybridized carbons (Fsp3) is 0.929. The largest absolute Gasteiger partial charge is 0.389 e. The molecule has 1 aliphatic carbocycles. The number of nitrogens with one attached hydrogen (secondary N) is 1. The molecule has 2 fully saturated rings. The Morgan fingerprint density at radius 1 is 1.29 bits per heavy atom. The Hall–Kier alpha value is -0.660. The molecule has 1 atom stereocenters. The second-order valence-corrected chi connectivity index (χ2v) is 8.48. The maximum absolute atomic E-state index is 12.4. The van der Waals surface area contributed by atoms with Crippen molar-refractivity contribution < 1.29 is 18.3 Å². The third kappa shape index (κ3) is 4.17. The number of aliphatic hydroxyl groups is 1. The minimum Gasteiger partial charge on any atom is -0.389 e. The quantitative estimate of drug-likeness (QED) is 0.795. The molecule has 0 aromatic rings. The zero-order chi connectivity index (χ0) is 15.5. The van der Waals surface area contributed by atoms with Crippen LogP contribution in [0.2, 0.25) is 0 Å². The van der Waals surface area contributed by atoms with E-state index in [9.17, 15) is 18.3 Å². The summed E-state index contributed by atoms with van der Waals surface area (Å²) in [5.41, 5.74) is -0.885. The monoisotopic (exact) mass is 318 g/mol. The van der Waals surface area contributed by atoms with Crippen LogP contribution in [0.5, 0.6) is 0 Å². The van der Waals surface area contributed by atoms with Crippen molar-refractivity contribution >= 4 is 15.9 Å². The summed E-state index contributed by atoms with van der Waals surface area (Å²) in [7, 11) is -1.94. The zero-order valence-corrected chi connectivity index (χ0v) is 13.5. The molecule has 0 radical (unpaired) electrons. The van der Waals surface area contributed by atoms with Gasteiger partial charge >= 0.3 is 0 Å². The average Bonchev–Trinajstić information content (AvgIpc) is 2.47. The first kappa shape index (κ1) is 16.7. The first-order valence-electron chi connectivity index (χ1n) is 7.79. The minimum atomic E-state index is -3.34. The van der Waals surface area contributed by atoms with Gasteiger partial charge in [0.05, 0.1) is 17.3 Å². The maximum atomic E-state index is 12.4. The number of rotatable bonds is 4. The zero-order valence-electron chi connectivity index (χ0n) is 12.7. The number of hydrogen-bond acceptors (Lipinski definition) is 4. The summed E-state index contributed by atoms with van der Waals surface area (Å²) < 4.78 is 26.1. The van der Waals surface area contributed by atoms with Crippen LogP contribution >= 0.6 is 0 Å². The summed E-state index contributed by atoms with van der Waals surface area (Å²) in [6.07, 6.45) is 5.77. The summed E-state index contributed by atoms with van der Waals surface area (Å²) >= 11 is 0. The molecule has 2 aliphatic rings. The molecular formula is C14H26N2O4S. The number of carbonyl (C=O) groups is 1. The van der Waals surface area contributed by atoms with Gasteiger partial charge in [-0.15, -0.1) is 0 Å². The van der Waals surface area contributed by atoms with E-state index in [0.717, 1.165) is 19.3 Å². The normalized spacial score (nSPS) is 26.6. The highest BCUT2D eigenvalue weighted by Crippen LogP contribution is 2.31. The molecular weight excluding hydrogens is 292 g/mol. The second-order valence-electron chi connectivity index (χ2n) is 6.31. The van der Waals surface area contributed by atoms with Gasteiger partial charge in [-0.1, -0.05) is 19.3 Å². The fourth-order valence-corrected chi connectivity index (χ4v) is 4.55. The van der Waals surface area contributed by atoms with Crippen LogP contribution in [-0.4, -0.2) is 55.3 Å². The fourth-order valence-electron chi connectivity index (χ4n) is 3.36. The molecule has 122 valence electrons. The lowest BCUT2D eigenvalue weighted by Crippen LogP contribution is -2.49. The smallest absolute Gasteiger partial charge is 0.225 e. The van der Waals surface area contributed by atoms with E-state index in [2.05, 4.69) is 4.72 Å². The third-order valence-corrected chi connectivity index (χ3v) is 6.55. The van der Waals surface area contributed by atoms with E-state index in [4.69, 9.17) is 0 Å². The first-order chi connectivity index (χ1) is 9.86. The molecule has 0 aromatic heterocycles. The second kappa shape index (κ2) is 6.62. The van der Waals surface area contributed by atoms with Gasteiger partial charge in [0, 0.05) is 13.1 Å². The Bertz CT molecular complexity index is 471. The molecule has 1 saturated carbocycles. The van der Waals surface area contributed by atoms with Crippen molar-refractivity contribution in [2.75, 3.05) is 20.1 Å². The molecule has 7 heteroatoms. The van der Waals surface area contributed by atoms with Crippen molar-refractivity contribution in [3.8, 4) is 0 Å². The van der Waals surface area contributed by atoms with Crippen molar-refractivity contribution in [1.82, 2.24) is 9.62 Å². The van der Waals surface area contributed by atoms with E-state index < -0.39 is 20.9 Å². The van der Waals surface area contributed by atoms with Gasteiger partial charge in [-0.2, -0.15) is 0 Å². The van der Waals surface area contributed by atoms with E-state index in [1.165, 1.54) is 7.05 Å². The lowest BCUT2D eigenvalue weighted by molar-refractivity contribution is -0.138. The number of sulfonamides is 1. The van der Waals surface area contributed by atoms with Crippen LogP contribution in [0, 0.1) is 0 Å². The summed E-state index contributed by atoms with van der Waals surface area (Å²) in [5.74, 6) is -0.115. The van der Waals surface area contributed by atoms with Gasteiger partial charge in [0.2, 0.25) is 15.9 Å². The van der Waals surface area contributed by atoms with E-state index in [1.807, 2.05) is 0 Å². The van der Waals surface area contributed by atoms with Gasteiger partial charge in [0.15, 0.2) is 0 Å². The summed E-state index contributed by atoms with van der Waals surface area (Å²) in [6.45, 7) is 0.822. The van der Waals surface area contributed by atoms with Crippen LogP contribution in [0.3, 0.4) is 0 Å². The number of hydrogen-bond donors (Lipinski definition) is 2. The molecule has 6 nitrogen and oxygen atoms in total. The van der Waals surface area contributed by atoms with Crippen molar-refractivity contribution in [3.63, 3.8) is 0 Å². The highest BCUT2D eigenvalue weighted by Gasteiger charge is 2.36. The number of nitrogens with zero attached hydrogens (tertiary/aromatic N) is 1. The third-order valence-electron chi connectivity index (χ3n) is 4.72. The minimum absolute atomic E-state index is 0.115. The van der Waals surface area contributed by atoms with Crippen molar-refractivity contribution in [1.29, 1.82) is 0 Å². The molecule has 1 heterocycles. The van der Waals surface area contributed by atoms with Gasteiger partial charge in [0.25, 0.3) is 0 Å². The Kier molecular flexibility index (Phi) is 5.27. The van der Waals surface area contributed by atoms with E-state index >= 15 is 0 Å². The van der Waals surface area contributed by atoms with Crippen LogP contribution in [0.4, 0.5) is 0 Å². The molecule has 21 heavy (non-hydrogen) atoms. The van der Waals surface area contributed by atoms with Gasteiger partial charge in [-0.3, -0.25) is 4.79 Å². The molecule has 2 N–H and O–H groups in total. The summed E-state index contributed by atoms with van der Waals surface area (Å²) in [4.78, 5) is 14.0. The SMILES string of the molecule is CNS(=O)(=O)C1CCCN(C(=O)CC2(O)CCCCC2)C1. The topological polar surface area (TPSA) is 86.7 Å². The Balaban J connectivity index is 1.96. The number of likely N-dealkylation sites (tertiary alicyclic amines) is 1. The van der Waals surface area contributed by atoms with Gasteiger partial charge < -0.3 is 10.0 Å².